The van der Waals surface area contributed by atoms with E-state index in [0.717, 1.165) is 31.7 Å². The monoisotopic (exact) mass is 287 g/mol. The SMILES string of the molecule is CC(C)c1nc(S(N)(=O)=O)cn1CC1CCCCO1. The van der Waals surface area contributed by atoms with E-state index in [1.165, 1.54) is 6.20 Å². The van der Waals surface area contributed by atoms with Gasteiger partial charge in [0, 0.05) is 18.7 Å². The second kappa shape index (κ2) is 5.60. The van der Waals surface area contributed by atoms with Gasteiger partial charge in [0.15, 0.2) is 5.03 Å². The molecule has 1 aliphatic rings. The van der Waals surface area contributed by atoms with Gasteiger partial charge < -0.3 is 9.30 Å². The molecule has 1 aromatic rings. The molecule has 0 bridgehead atoms. The van der Waals surface area contributed by atoms with E-state index in [4.69, 9.17) is 9.88 Å². The Hall–Kier alpha value is -0.920. The summed E-state index contributed by atoms with van der Waals surface area (Å²) in [6.07, 6.45) is 4.90. The largest absolute Gasteiger partial charge is 0.376 e. The molecule has 0 aromatic carbocycles. The summed E-state index contributed by atoms with van der Waals surface area (Å²) in [4.78, 5) is 4.14. The van der Waals surface area contributed by atoms with Crippen molar-refractivity contribution in [3.05, 3.63) is 12.0 Å². The van der Waals surface area contributed by atoms with Gasteiger partial charge in [-0.1, -0.05) is 13.8 Å². The van der Waals surface area contributed by atoms with Gasteiger partial charge in [-0.15, -0.1) is 0 Å². The zero-order valence-electron chi connectivity index (χ0n) is 11.4. The van der Waals surface area contributed by atoms with Crippen LogP contribution in [0.3, 0.4) is 0 Å². The van der Waals surface area contributed by atoms with E-state index in [-0.39, 0.29) is 17.0 Å². The molecule has 6 nitrogen and oxygen atoms in total. The first-order valence-corrected chi connectivity index (χ1v) is 8.14. The number of sulfonamides is 1. The van der Waals surface area contributed by atoms with Crippen molar-refractivity contribution in [1.82, 2.24) is 9.55 Å². The van der Waals surface area contributed by atoms with Crippen molar-refractivity contribution in [2.45, 2.75) is 56.7 Å². The first-order valence-electron chi connectivity index (χ1n) is 6.59. The van der Waals surface area contributed by atoms with Gasteiger partial charge in [-0.2, -0.15) is 0 Å². The molecule has 108 valence electrons. The number of hydrogen-bond donors (Lipinski definition) is 1. The van der Waals surface area contributed by atoms with Gasteiger partial charge in [0.1, 0.15) is 5.82 Å². The lowest BCUT2D eigenvalue weighted by Gasteiger charge is -2.24. The average Bonchev–Trinajstić information content (AvgIpc) is 2.74. The number of rotatable bonds is 4. The molecule has 1 unspecified atom stereocenters. The molecule has 1 aromatic heterocycles. The molecule has 0 spiro atoms. The smallest absolute Gasteiger partial charge is 0.257 e. The third-order valence-electron chi connectivity index (χ3n) is 3.27. The van der Waals surface area contributed by atoms with Crippen LogP contribution in [0, 0.1) is 0 Å². The molecule has 2 rings (SSSR count). The van der Waals surface area contributed by atoms with Crippen molar-refractivity contribution in [2.75, 3.05) is 6.61 Å². The van der Waals surface area contributed by atoms with Crippen LogP contribution in [0.25, 0.3) is 0 Å². The summed E-state index contributed by atoms with van der Waals surface area (Å²) >= 11 is 0. The first kappa shape index (κ1) is 14.5. The molecular formula is C12H21N3O3S. The lowest BCUT2D eigenvalue weighted by molar-refractivity contribution is 0.00541. The van der Waals surface area contributed by atoms with Gasteiger partial charge in [-0.25, -0.2) is 18.5 Å². The van der Waals surface area contributed by atoms with Crippen molar-refractivity contribution in [1.29, 1.82) is 0 Å². The fourth-order valence-corrected chi connectivity index (χ4v) is 2.82. The first-order chi connectivity index (χ1) is 8.88. The average molecular weight is 287 g/mol. The van der Waals surface area contributed by atoms with Crippen LogP contribution in [0.15, 0.2) is 11.2 Å². The molecule has 19 heavy (non-hydrogen) atoms. The highest BCUT2D eigenvalue weighted by Gasteiger charge is 2.21. The maximum absolute atomic E-state index is 11.4. The summed E-state index contributed by atoms with van der Waals surface area (Å²) in [7, 11) is -3.75. The third-order valence-corrected chi connectivity index (χ3v) is 4.05. The Morgan fingerprint density at radius 3 is 2.79 bits per heavy atom. The van der Waals surface area contributed by atoms with E-state index in [0.29, 0.717) is 6.54 Å². The van der Waals surface area contributed by atoms with Gasteiger partial charge in [-0.05, 0) is 19.3 Å². The normalized spacial score (nSPS) is 20.9. The highest BCUT2D eigenvalue weighted by atomic mass is 32.2. The lowest BCUT2D eigenvalue weighted by Crippen LogP contribution is -2.25. The summed E-state index contributed by atoms with van der Waals surface area (Å²) < 4.78 is 30.3. The van der Waals surface area contributed by atoms with Crippen LogP contribution in [-0.4, -0.2) is 30.7 Å². The predicted molar refractivity (Wildman–Crippen MR) is 71.3 cm³/mol. The topological polar surface area (TPSA) is 87.2 Å². The molecule has 1 atom stereocenters. The molecule has 2 heterocycles. The van der Waals surface area contributed by atoms with Crippen molar-refractivity contribution < 1.29 is 13.2 Å². The Balaban J connectivity index is 2.24. The maximum Gasteiger partial charge on any atom is 0.257 e. The Morgan fingerprint density at radius 2 is 2.26 bits per heavy atom. The van der Waals surface area contributed by atoms with Crippen LogP contribution in [0.1, 0.15) is 44.9 Å². The lowest BCUT2D eigenvalue weighted by atomic mass is 10.1. The van der Waals surface area contributed by atoms with Gasteiger partial charge in [0.05, 0.1) is 12.6 Å². The molecule has 2 N–H and O–H groups in total. The zero-order valence-corrected chi connectivity index (χ0v) is 12.2. The molecule has 0 amide bonds. The number of aromatic nitrogens is 2. The van der Waals surface area contributed by atoms with Crippen LogP contribution in [0.5, 0.6) is 0 Å². The molecule has 7 heteroatoms. The van der Waals surface area contributed by atoms with E-state index in [2.05, 4.69) is 4.98 Å². The fraction of sp³-hybridized carbons (Fsp3) is 0.750. The Labute approximate surface area is 114 Å². The molecule has 0 saturated carbocycles. The number of hydrogen-bond acceptors (Lipinski definition) is 4. The summed E-state index contributed by atoms with van der Waals surface area (Å²) in [5, 5.41) is 5.07. The molecule has 0 aliphatic carbocycles. The summed E-state index contributed by atoms with van der Waals surface area (Å²) in [6.45, 7) is 5.37. The van der Waals surface area contributed by atoms with Crippen LogP contribution in [0.4, 0.5) is 0 Å². The number of ether oxygens (including phenoxy) is 1. The molecule has 1 saturated heterocycles. The fourth-order valence-electron chi connectivity index (χ4n) is 2.32. The number of nitrogens with zero attached hydrogens (tertiary/aromatic N) is 2. The number of nitrogens with two attached hydrogens (primary N) is 1. The van der Waals surface area contributed by atoms with Crippen molar-refractivity contribution >= 4 is 10.0 Å². The predicted octanol–water partition coefficient (Wildman–Crippen LogP) is 1.22. The third kappa shape index (κ3) is 3.55. The van der Waals surface area contributed by atoms with Gasteiger partial charge in [0.25, 0.3) is 10.0 Å². The van der Waals surface area contributed by atoms with Crippen molar-refractivity contribution in [3.63, 3.8) is 0 Å². The second-order valence-corrected chi connectivity index (χ2v) is 6.79. The highest BCUT2D eigenvalue weighted by Crippen LogP contribution is 2.20. The minimum atomic E-state index is -3.75. The number of imidazole rings is 1. The Kier molecular flexibility index (Phi) is 4.27. The van der Waals surface area contributed by atoms with Crippen LogP contribution in [0.2, 0.25) is 0 Å². The quantitative estimate of drug-likeness (QED) is 0.902. The summed E-state index contributed by atoms with van der Waals surface area (Å²) in [5.41, 5.74) is 0. The van der Waals surface area contributed by atoms with E-state index < -0.39 is 10.0 Å². The Morgan fingerprint density at radius 1 is 1.53 bits per heavy atom. The second-order valence-electron chi connectivity index (χ2n) is 5.28. The van der Waals surface area contributed by atoms with Crippen LogP contribution < -0.4 is 5.14 Å². The van der Waals surface area contributed by atoms with Gasteiger partial charge >= 0.3 is 0 Å². The molecular weight excluding hydrogens is 266 g/mol. The van der Waals surface area contributed by atoms with Gasteiger partial charge in [0.2, 0.25) is 0 Å². The zero-order chi connectivity index (χ0) is 14.0. The van der Waals surface area contributed by atoms with Gasteiger partial charge in [-0.3, -0.25) is 0 Å². The Bertz CT molecular complexity index is 530. The minimum Gasteiger partial charge on any atom is -0.376 e. The van der Waals surface area contributed by atoms with Crippen molar-refractivity contribution in [3.8, 4) is 0 Å². The molecule has 1 fully saturated rings. The van der Waals surface area contributed by atoms with Crippen LogP contribution in [-0.2, 0) is 21.3 Å². The summed E-state index contributed by atoms with van der Waals surface area (Å²) in [5.74, 6) is 0.872. The highest BCUT2D eigenvalue weighted by molar-refractivity contribution is 7.89. The van der Waals surface area contributed by atoms with Crippen molar-refractivity contribution in [2.24, 2.45) is 5.14 Å². The van der Waals surface area contributed by atoms with E-state index >= 15 is 0 Å². The molecule has 0 radical (unpaired) electrons. The van der Waals surface area contributed by atoms with Crippen LogP contribution >= 0.6 is 0 Å². The number of primary sulfonamides is 1. The molecule has 1 aliphatic heterocycles. The van der Waals surface area contributed by atoms with E-state index in [1.54, 1.807) is 0 Å². The summed E-state index contributed by atoms with van der Waals surface area (Å²) in [6, 6.07) is 0. The van der Waals surface area contributed by atoms with E-state index in [1.807, 2.05) is 18.4 Å². The van der Waals surface area contributed by atoms with E-state index in [9.17, 15) is 8.42 Å². The maximum atomic E-state index is 11.4. The minimum absolute atomic E-state index is 0.0630. The standard InChI is InChI=1S/C12H21N3O3S/c1-9(2)12-14-11(19(13,16)17)8-15(12)7-10-5-3-4-6-18-10/h8-10H,3-7H2,1-2H3,(H2,13,16,17).